The van der Waals surface area contributed by atoms with E-state index in [2.05, 4.69) is 0 Å². The van der Waals surface area contributed by atoms with Crippen LogP contribution in [-0.4, -0.2) is 4.21 Å². The van der Waals surface area contributed by atoms with Gasteiger partial charge in [0, 0.05) is 20.9 Å². The Kier molecular flexibility index (Phi) is 5.99. The second kappa shape index (κ2) is 7.06. The molecule has 2 rings (SSSR count). The van der Waals surface area contributed by atoms with E-state index in [1.165, 1.54) is 0 Å². The van der Waals surface area contributed by atoms with Crippen molar-refractivity contribution in [1.29, 1.82) is 0 Å². The molecule has 0 aromatic heterocycles. The molecule has 8 heteroatoms. The van der Waals surface area contributed by atoms with Gasteiger partial charge in [0.25, 0.3) is 0 Å². The maximum absolute atomic E-state index is 12.5. The molecule has 0 radical (unpaired) electrons. The van der Waals surface area contributed by atoms with Gasteiger partial charge in [-0.2, -0.15) is 0 Å². The van der Waals surface area contributed by atoms with E-state index in [1.54, 1.807) is 48.5 Å². The molecular weight excluding hydrogens is 429 g/mol. The minimum Gasteiger partial charge on any atom is -0.249 e. The molecule has 0 aliphatic rings. The van der Waals surface area contributed by atoms with Crippen molar-refractivity contribution in [3.8, 4) is 0 Å². The van der Waals surface area contributed by atoms with Gasteiger partial charge in [-0.3, -0.25) is 0 Å². The molecule has 0 bridgehead atoms. The van der Waals surface area contributed by atoms with E-state index < -0.39 is 18.4 Å². The highest BCUT2D eigenvalue weighted by molar-refractivity contribution is 7.85. The van der Waals surface area contributed by atoms with E-state index in [4.69, 9.17) is 69.6 Å². The van der Waals surface area contributed by atoms with Gasteiger partial charge in [-0.25, -0.2) is 4.21 Å². The smallest absolute Gasteiger partial charge is 0.216 e. The average molecular weight is 437 g/mol. The standard InChI is InChI=1S/C14H8Cl6OS/c15-13(16,17)9-1-5-11(6-2-9)22(21)12-7-3-10(4-8-12)14(18,19)20/h1-8H. The zero-order chi connectivity index (χ0) is 16.5. The monoisotopic (exact) mass is 434 g/mol. The Hall–Kier alpha value is 0.330. The highest BCUT2D eigenvalue weighted by Gasteiger charge is 2.24. The van der Waals surface area contributed by atoms with Crippen LogP contribution in [0.15, 0.2) is 58.3 Å². The average Bonchev–Trinajstić information content (AvgIpc) is 2.45. The summed E-state index contributed by atoms with van der Waals surface area (Å²) >= 11 is 34.7. The van der Waals surface area contributed by atoms with Gasteiger partial charge in [-0.05, 0) is 24.3 Å². The summed E-state index contributed by atoms with van der Waals surface area (Å²) in [5.41, 5.74) is 1.01. The van der Waals surface area contributed by atoms with E-state index in [-0.39, 0.29) is 0 Å². The lowest BCUT2D eigenvalue weighted by Crippen LogP contribution is -2.02. The van der Waals surface area contributed by atoms with E-state index >= 15 is 0 Å². The van der Waals surface area contributed by atoms with Crippen molar-refractivity contribution < 1.29 is 4.21 Å². The van der Waals surface area contributed by atoms with Crippen LogP contribution in [0.5, 0.6) is 0 Å². The maximum Gasteiger partial charge on any atom is 0.216 e. The summed E-state index contributed by atoms with van der Waals surface area (Å²) in [4.78, 5) is 1.17. The molecule has 0 N–H and O–H groups in total. The summed E-state index contributed by atoms with van der Waals surface area (Å²) in [5.74, 6) is 0. The van der Waals surface area contributed by atoms with Gasteiger partial charge in [-0.1, -0.05) is 93.9 Å². The Morgan fingerprint density at radius 1 is 0.591 bits per heavy atom. The summed E-state index contributed by atoms with van der Waals surface area (Å²) in [5, 5.41) is 0. The Labute approximate surface area is 160 Å². The number of hydrogen-bond acceptors (Lipinski definition) is 1. The summed E-state index contributed by atoms with van der Waals surface area (Å²) < 4.78 is 9.47. The van der Waals surface area contributed by atoms with Crippen molar-refractivity contribution >= 4 is 80.4 Å². The van der Waals surface area contributed by atoms with Crippen LogP contribution < -0.4 is 0 Å². The lowest BCUT2D eigenvalue weighted by molar-refractivity contribution is 0.683. The molecule has 0 saturated carbocycles. The number of benzene rings is 2. The third-order valence-electron chi connectivity index (χ3n) is 2.79. The fraction of sp³-hybridized carbons (Fsp3) is 0.143. The number of hydrogen-bond donors (Lipinski definition) is 0. The fourth-order valence-corrected chi connectivity index (χ4v) is 3.47. The number of rotatable bonds is 2. The van der Waals surface area contributed by atoms with Gasteiger partial charge in [0.1, 0.15) is 0 Å². The zero-order valence-corrected chi connectivity index (χ0v) is 16.1. The maximum atomic E-state index is 12.5. The first-order valence-corrected chi connectivity index (χ1v) is 9.27. The van der Waals surface area contributed by atoms with Crippen molar-refractivity contribution in [2.45, 2.75) is 17.4 Å². The third-order valence-corrected chi connectivity index (χ3v) is 5.50. The molecule has 2 aromatic carbocycles. The second-order valence-electron chi connectivity index (χ2n) is 4.31. The lowest BCUT2D eigenvalue weighted by atomic mass is 10.2. The zero-order valence-electron chi connectivity index (χ0n) is 10.7. The van der Waals surface area contributed by atoms with Gasteiger partial charge >= 0.3 is 0 Å². The first kappa shape index (κ1) is 18.7. The van der Waals surface area contributed by atoms with Crippen LogP contribution >= 0.6 is 69.6 Å². The van der Waals surface area contributed by atoms with Crippen molar-refractivity contribution in [3.63, 3.8) is 0 Å². The molecule has 22 heavy (non-hydrogen) atoms. The Morgan fingerprint density at radius 2 is 0.864 bits per heavy atom. The van der Waals surface area contributed by atoms with E-state index in [1.807, 2.05) is 0 Å². The molecule has 0 heterocycles. The van der Waals surface area contributed by atoms with Gasteiger partial charge < -0.3 is 0 Å². The Balaban J connectivity index is 2.25. The molecule has 2 aromatic rings. The van der Waals surface area contributed by atoms with Crippen LogP contribution in [0.4, 0.5) is 0 Å². The van der Waals surface area contributed by atoms with Gasteiger partial charge in [-0.15, -0.1) is 0 Å². The Morgan fingerprint density at radius 3 is 1.09 bits per heavy atom. The molecule has 0 amide bonds. The van der Waals surface area contributed by atoms with Crippen LogP contribution in [-0.2, 0) is 18.4 Å². The van der Waals surface area contributed by atoms with Crippen LogP contribution in [0.1, 0.15) is 11.1 Å². The molecule has 118 valence electrons. The topological polar surface area (TPSA) is 17.1 Å². The van der Waals surface area contributed by atoms with Crippen LogP contribution in [0.2, 0.25) is 0 Å². The molecule has 0 atom stereocenters. The molecule has 1 nitrogen and oxygen atoms in total. The van der Waals surface area contributed by atoms with Crippen LogP contribution in [0.3, 0.4) is 0 Å². The predicted molar refractivity (Wildman–Crippen MR) is 96.0 cm³/mol. The second-order valence-corrected chi connectivity index (χ2v) is 10.4. The van der Waals surface area contributed by atoms with Gasteiger partial charge in [0.2, 0.25) is 7.59 Å². The summed E-state index contributed by atoms with van der Waals surface area (Å²) in [6, 6.07) is 13.1. The van der Waals surface area contributed by atoms with Crippen molar-refractivity contribution in [3.05, 3.63) is 59.7 Å². The lowest BCUT2D eigenvalue weighted by Gasteiger charge is -2.13. The normalized spacial score (nSPS) is 12.7. The fourth-order valence-electron chi connectivity index (χ4n) is 1.67. The van der Waals surface area contributed by atoms with E-state index in [0.29, 0.717) is 20.9 Å². The highest BCUT2D eigenvalue weighted by Crippen LogP contribution is 2.39. The van der Waals surface area contributed by atoms with Crippen molar-refractivity contribution in [1.82, 2.24) is 0 Å². The van der Waals surface area contributed by atoms with Gasteiger partial charge in [0.15, 0.2) is 0 Å². The molecular formula is C14H8Cl6OS. The SMILES string of the molecule is O=S(c1ccc(C(Cl)(Cl)Cl)cc1)c1ccc(C(Cl)(Cl)Cl)cc1. The number of halogens is 6. The summed E-state index contributed by atoms with van der Waals surface area (Å²) in [7, 11) is -1.38. The minimum absolute atomic E-state index is 0.504. The molecule has 0 fully saturated rings. The molecule has 0 aliphatic heterocycles. The predicted octanol–water partition coefficient (Wildman–Crippen LogP) is 6.51. The minimum atomic E-state index is -1.51. The van der Waals surface area contributed by atoms with E-state index in [9.17, 15) is 4.21 Å². The van der Waals surface area contributed by atoms with Crippen LogP contribution in [0, 0.1) is 0 Å². The highest BCUT2D eigenvalue weighted by atomic mass is 35.6. The first-order valence-electron chi connectivity index (χ1n) is 5.85. The van der Waals surface area contributed by atoms with Crippen LogP contribution in [0.25, 0.3) is 0 Å². The quantitative estimate of drug-likeness (QED) is 0.490. The number of alkyl halides is 6. The summed E-state index contributed by atoms with van der Waals surface area (Å²) in [6.45, 7) is 0. The molecule has 0 aliphatic carbocycles. The van der Waals surface area contributed by atoms with Crippen molar-refractivity contribution in [2.24, 2.45) is 0 Å². The molecule has 0 spiro atoms. The largest absolute Gasteiger partial charge is 0.249 e. The van der Waals surface area contributed by atoms with E-state index in [0.717, 1.165) is 0 Å². The molecule has 0 saturated heterocycles. The summed E-state index contributed by atoms with van der Waals surface area (Å²) in [6.07, 6.45) is 0. The van der Waals surface area contributed by atoms with Crippen molar-refractivity contribution in [2.75, 3.05) is 0 Å². The van der Waals surface area contributed by atoms with Gasteiger partial charge in [0.05, 0.1) is 10.8 Å². The molecule has 0 unspecified atom stereocenters. The first-order chi connectivity index (χ1) is 10.1. The third kappa shape index (κ3) is 4.67. The Bertz CT molecular complexity index is 611.